The highest BCUT2D eigenvalue weighted by Crippen LogP contribution is 2.32. The summed E-state index contributed by atoms with van der Waals surface area (Å²) in [5.74, 6) is 0.369. The molecule has 1 heterocycles. The minimum Gasteiger partial charge on any atom is -0.495 e. The molecule has 1 aliphatic rings. The van der Waals surface area contributed by atoms with Crippen molar-refractivity contribution in [3.8, 4) is 5.75 Å². The fourth-order valence-corrected chi connectivity index (χ4v) is 2.34. The molecule has 0 bridgehead atoms. The standard InChI is InChI=1S/C14H18N2O3/c1-9(2)13-14(18)15-8-12(17)16(13)10-6-4-5-7-11(10)19-3/h4-7,9,13H,8H2,1-3H3,(H,15,18). The largest absolute Gasteiger partial charge is 0.495 e. The van der Waals surface area contributed by atoms with Crippen molar-refractivity contribution in [1.29, 1.82) is 0 Å². The number of nitrogens with one attached hydrogen (secondary N) is 1. The van der Waals surface area contributed by atoms with Gasteiger partial charge in [0.1, 0.15) is 11.8 Å². The summed E-state index contributed by atoms with van der Waals surface area (Å²) in [6.07, 6.45) is 0. The minimum absolute atomic E-state index is 0.0224. The van der Waals surface area contributed by atoms with Crippen LogP contribution in [0.15, 0.2) is 24.3 Å². The third kappa shape index (κ3) is 2.41. The number of hydrogen-bond acceptors (Lipinski definition) is 3. The van der Waals surface area contributed by atoms with E-state index in [4.69, 9.17) is 4.74 Å². The van der Waals surface area contributed by atoms with E-state index in [1.165, 1.54) is 0 Å². The van der Waals surface area contributed by atoms with E-state index in [1.54, 1.807) is 24.1 Å². The summed E-state index contributed by atoms with van der Waals surface area (Å²) in [7, 11) is 1.55. The smallest absolute Gasteiger partial charge is 0.247 e. The Kier molecular flexibility index (Phi) is 3.74. The minimum atomic E-state index is -0.502. The molecule has 0 aliphatic carbocycles. The van der Waals surface area contributed by atoms with Gasteiger partial charge in [0.05, 0.1) is 19.3 Å². The Morgan fingerprint density at radius 2 is 2.00 bits per heavy atom. The fourth-order valence-electron chi connectivity index (χ4n) is 2.34. The summed E-state index contributed by atoms with van der Waals surface area (Å²) in [5.41, 5.74) is 0.642. The van der Waals surface area contributed by atoms with Gasteiger partial charge in [0, 0.05) is 0 Å². The van der Waals surface area contributed by atoms with Crippen molar-refractivity contribution in [3.05, 3.63) is 24.3 Å². The summed E-state index contributed by atoms with van der Waals surface area (Å²) in [6, 6.07) is 6.74. The first kappa shape index (κ1) is 13.4. The second-order valence-electron chi connectivity index (χ2n) is 4.84. The van der Waals surface area contributed by atoms with Crippen molar-refractivity contribution in [3.63, 3.8) is 0 Å². The number of amides is 2. The molecule has 2 amide bonds. The van der Waals surface area contributed by atoms with Crippen molar-refractivity contribution in [2.24, 2.45) is 5.92 Å². The Morgan fingerprint density at radius 1 is 1.32 bits per heavy atom. The number of methoxy groups -OCH3 is 1. The molecule has 5 nitrogen and oxygen atoms in total. The monoisotopic (exact) mass is 262 g/mol. The molecule has 1 N–H and O–H groups in total. The van der Waals surface area contributed by atoms with Crippen LogP contribution in [0.4, 0.5) is 5.69 Å². The second kappa shape index (κ2) is 5.30. The molecule has 19 heavy (non-hydrogen) atoms. The van der Waals surface area contributed by atoms with Gasteiger partial charge in [-0.2, -0.15) is 0 Å². The van der Waals surface area contributed by atoms with Crippen LogP contribution >= 0.6 is 0 Å². The van der Waals surface area contributed by atoms with Crippen molar-refractivity contribution in [2.45, 2.75) is 19.9 Å². The summed E-state index contributed by atoms with van der Waals surface area (Å²) in [6.45, 7) is 3.87. The molecular formula is C14H18N2O3. The average Bonchev–Trinajstić information content (AvgIpc) is 2.40. The number of benzene rings is 1. The summed E-state index contributed by atoms with van der Waals surface area (Å²) < 4.78 is 5.28. The highest BCUT2D eigenvalue weighted by atomic mass is 16.5. The highest BCUT2D eigenvalue weighted by molar-refractivity contribution is 6.07. The molecule has 1 aromatic carbocycles. The van der Waals surface area contributed by atoms with Crippen LogP contribution < -0.4 is 15.0 Å². The Morgan fingerprint density at radius 3 is 2.63 bits per heavy atom. The molecular weight excluding hydrogens is 244 g/mol. The number of carbonyl (C=O) groups excluding carboxylic acids is 2. The number of anilines is 1. The SMILES string of the molecule is COc1ccccc1N1C(=O)CNC(=O)C1C(C)C. The van der Waals surface area contributed by atoms with E-state index in [0.717, 1.165) is 0 Å². The molecule has 0 aromatic heterocycles. The molecule has 102 valence electrons. The lowest BCUT2D eigenvalue weighted by atomic mass is 9.98. The predicted octanol–water partition coefficient (Wildman–Crippen LogP) is 1.18. The number of carbonyl (C=O) groups is 2. The Balaban J connectivity index is 2.48. The summed E-state index contributed by atoms with van der Waals surface area (Å²) in [5, 5.41) is 2.63. The Hall–Kier alpha value is -2.04. The van der Waals surface area contributed by atoms with Gasteiger partial charge in [-0.3, -0.25) is 14.5 Å². The molecule has 1 fully saturated rings. The molecule has 0 saturated carbocycles. The molecule has 1 aromatic rings. The zero-order chi connectivity index (χ0) is 14.0. The number of piperazine rings is 1. The third-order valence-corrected chi connectivity index (χ3v) is 3.21. The van der Waals surface area contributed by atoms with Crippen LogP contribution in [0, 0.1) is 5.92 Å². The average molecular weight is 262 g/mol. The van der Waals surface area contributed by atoms with Gasteiger partial charge in [0.15, 0.2) is 0 Å². The topological polar surface area (TPSA) is 58.6 Å². The Bertz CT molecular complexity index is 499. The van der Waals surface area contributed by atoms with Crippen LogP contribution in [0.5, 0.6) is 5.75 Å². The van der Waals surface area contributed by atoms with Gasteiger partial charge in [0.25, 0.3) is 0 Å². The van der Waals surface area contributed by atoms with Crippen molar-refractivity contribution < 1.29 is 14.3 Å². The van der Waals surface area contributed by atoms with Crippen molar-refractivity contribution in [1.82, 2.24) is 5.32 Å². The first-order chi connectivity index (χ1) is 9.06. The summed E-state index contributed by atoms with van der Waals surface area (Å²) in [4.78, 5) is 25.7. The van der Waals surface area contributed by atoms with E-state index in [2.05, 4.69) is 5.32 Å². The number of para-hydroxylation sites is 2. The lowest BCUT2D eigenvalue weighted by molar-refractivity contribution is -0.131. The van der Waals surface area contributed by atoms with Crippen LogP contribution in [0.3, 0.4) is 0 Å². The number of ether oxygens (including phenoxy) is 1. The molecule has 0 radical (unpaired) electrons. The first-order valence-electron chi connectivity index (χ1n) is 6.29. The third-order valence-electron chi connectivity index (χ3n) is 3.21. The molecule has 1 atom stereocenters. The zero-order valence-corrected chi connectivity index (χ0v) is 11.3. The van der Waals surface area contributed by atoms with Crippen molar-refractivity contribution >= 4 is 17.5 Å². The normalized spacial score (nSPS) is 19.6. The van der Waals surface area contributed by atoms with E-state index < -0.39 is 6.04 Å². The first-order valence-corrected chi connectivity index (χ1v) is 6.29. The van der Waals surface area contributed by atoms with Crippen molar-refractivity contribution in [2.75, 3.05) is 18.6 Å². The van der Waals surface area contributed by atoms with Crippen LogP contribution in [-0.2, 0) is 9.59 Å². The molecule has 1 unspecified atom stereocenters. The van der Waals surface area contributed by atoms with Gasteiger partial charge < -0.3 is 10.1 Å². The predicted molar refractivity (Wildman–Crippen MR) is 72.1 cm³/mol. The van der Waals surface area contributed by atoms with E-state index in [0.29, 0.717) is 11.4 Å². The number of rotatable bonds is 3. The Labute approximate surface area is 112 Å². The van der Waals surface area contributed by atoms with Gasteiger partial charge in [-0.25, -0.2) is 0 Å². The van der Waals surface area contributed by atoms with Gasteiger partial charge in [0.2, 0.25) is 11.8 Å². The molecule has 1 aliphatic heterocycles. The van der Waals surface area contributed by atoms with E-state index in [1.807, 2.05) is 26.0 Å². The fraction of sp³-hybridized carbons (Fsp3) is 0.429. The second-order valence-corrected chi connectivity index (χ2v) is 4.84. The van der Waals surface area contributed by atoms with Crippen LogP contribution in [0.25, 0.3) is 0 Å². The van der Waals surface area contributed by atoms with E-state index in [-0.39, 0.29) is 24.3 Å². The lowest BCUT2D eigenvalue weighted by Gasteiger charge is -2.37. The van der Waals surface area contributed by atoms with Gasteiger partial charge in [-0.1, -0.05) is 26.0 Å². The molecule has 0 spiro atoms. The molecule has 1 saturated heterocycles. The lowest BCUT2D eigenvalue weighted by Crippen LogP contribution is -2.60. The molecule has 2 rings (SSSR count). The van der Waals surface area contributed by atoms with Gasteiger partial charge in [-0.15, -0.1) is 0 Å². The summed E-state index contributed by atoms with van der Waals surface area (Å²) >= 11 is 0. The molecule has 5 heteroatoms. The quantitative estimate of drug-likeness (QED) is 0.890. The number of nitrogens with zero attached hydrogens (tertiary/aromatic N) is 1. The van der Waals surface area contributed by atoms with Crippen LogP contribution in [0.2, 0.25) is 0 Å². The van der Waals surface area contributed by atoms with Crippen LogP contribution in [-0.4, -0.2) is 31.5 Å². The maximum atomic E-state index is 12.2. The van der Waals surface area contributed by atoms with E-state index in [9.17, 15) is 9.59 Å². The highest BCUT2D eigenvalue weighted by Gasteiger charge is 2.38. The zero-order valence-electron chi connectivity index (χ0n) is 11.3. The maximum Gasteiger partial charge on any atom is 0.247 e. The van der Waals surface area contributed by atoms with Crippen LogP contribution in [0.1, 0.15) is 13.8 Å². The van der Waals surface area contributed by atoms with E-state index >= 15 is 0 Å². The van der Waals surface area contributed by atoms with Gasteiger partial charge in [-0.05, 0) is 18.1 Å². The van der Waals surface area contributed by atoms with Gasteiger partial charge >= 0.3 is 0 Å². The number of hydrogen-bond donors (Lipinski definition) is 1. The maximum absolute atomic E-state index is 12.2.